The summed E-state index contributed by atoms with van der Waals surface area (Å²) >= 11 is 18.4. The van der Waals surface area contributed by atoms with E-state index in [-0.39, 0.29) is 17.9 Å². The summed E-state index contributed by atoms with van der Waals surface area (Å²) in [4.78, 5) is 0. The molecule has 1 atom stereocenters. The van der Waals surface area contributed by atoms with Gasteiger partial charge in [0.2, 0.25) is 0 Å². The Labute approximate surface area is 181 Å². The van der Waals surface area contributed by atoms with Crippen molar-refractivity contribution in [2.24, 2.45) is 5.73 Å². The van der Waals surface area contributed by atoms with Gasteiger partial charge in [-0.25, -0.2) is 0 Å². The number of hydrogen-bond donors (Lipinski definition) is 2. The van der Waals surface area contributed by atoms with Gasteiger partial charge in [-0.2, -0.15) is 0 Å². The van der Waals surface area contributed by atoms with Gasteiger partial charge in [0.15, 0.2) is 5.75 Å². The molecule has 0 spiro atoms. The van der Waals surface area contributed by atoms with Crippen molar-refractivity contribution in [2.75, 3.05) is 25.6 Å². The molecule has 2 aromatic rings. The fraction of sp³-hybridized carbons (Fsp3) is 0.429. The van der Waals surface area contributed by atoms with Crippen LogP contribution in [0.2, 0.25) is 10.0 Å². The highest BCUT2D eigenvalue weighted by Gasteiger charge is 2.26. The second-order valence-electron chi connectivity index (χ2n) is 7.03. The molecule has 7 heteroatoms. The Morgan fingerprint density at radius 2 is 1.64 bits per heavy atom. The minimum Gasteiger partial charge on any atom is -0.494 e. The summed E-state index contributed by atoms with van der Waals surface area (Å²) in [6, 6.07) is 11.6. The molecular weight excluding hydrogens is 421 g/mol. The third-order valence-corrected chi connectivity index (χ3v) is 5.43. The maximum atomic E-state index is 9.56. The molecule has 0 aliphatic heterocycles. The van der Waals surface area contributed by atoms with E-state index in [0.717, 1.165) is 23.3 Å². The van der Waals surface area contributed by atoms with Crippen LogP contribution in [0.4, 0.5) is 0 Å². The fourth-order valence-electron chi connectivity index (χ4n) is 2.69. The predicted molar refractivity (Wildman–Crippen MR) is 116 cm³/mol. The van der Waals surface area contributed by atoms with E-state index < -0.39 is 6.10 Å². The van der Waals surface area contributed by atoms with Crippen molar-refractivity contribution in [1.29, 1.82) is 0 Å². The molecule has 0 saturated carbocycles. The summed E-state index contributed by atoms with van der Waals surface area (Å²) in [5.74, 6) is 1.23. The molecule has 0 amide bonds. The predicted octanol–water partition coefficient (Wildman–Crippen LogP) is 5.03. The van der Waals surface area contributed by atoms with Crippen molar-refractivity contribution in [3.8, 4) is 11.5 Å². The molecule has 0 bridgehead atoms. The number of alkyl halides is 1. The molecule has 0 saturated heterocycles. The molecule has 154 valence electrons. The van der Waals surface area contributed by atoms with Crippen molar-refractivity contribution in [1.82, 2.24) is 0 Å². The summed E-state index contributed by atoms with van der Waals surface area (Å²) in [6.07, 6.45) is 0.0381. The van der Waals surface area contributed by atoms with E-state index in [1.54, 1.807) is 0 Å². The third kappa shape index (κ3) is 5.91. The lowest BCUT2D eigenvalue weighted by molar-refractivity contribution is 0.125. The molecule has 3 N–H and O–H groups in total. The summed E-state index contributed by atoms with van der Waals surface area (Å²) in [5.41, 5.74) is 7.19. The number of aliphatic hydroxyl groups is 1. The molecule has 2 rings (SSSR count). The molecule has 0 unspecified atom stereocenters. The van der Waals surface area contributed by atoms with E-state index in [0.29, 0.717) is 28.9 Å². The van der Waals surface area contributed by atoms with Crippen LogP contribution in [0.1, 0.15) is 31.4 Å². The van der Waals surface area contributed by atoms with Crippen LogP contribution in [-0.2, 0) is 5.41 Å². The molecule has 0 aliphatic carbocycles. The smallest absolute Gasteiger partial charge is 0.156 e. The Balaban J connectivity index is 2.20. The normalized spacial score (nSPS) is 12.7. The largest absolute Gasteiger partial charge is 0.494 e. The van der Waals surface area contributed by atoms with Gasteiger partial charge in [-0.1, -0.05) is 49.2 Å². The standard InChI is InChI=1S/C21H26Cl3NO3/c1-21(2,14-4-6-17(7-5-14)27-9-3-8-25)15-10-18(23)20(19(24)11-15)28-13-16(26)12-22/h4-7,10-11,16,26H,3,8-9,12-13,25H2,1-2H3/t16-/m0/s1. The number of benzene rings is 2. The SMILES string of the molecule is CC(C)(c1ccc(OCCCN)cc1)c1cc(Cl)c(OC[C@@H](O)CCl)c(Cl)c1. The van der Waals surface area contributed by atoms with Crippen LogP contribution in [0.5, 0.6) is 11.5 Å². The van der Waals surface area contributed by atoms with Gasteiger partial charge in [0.1, 0.15) is 18.5 Å². The molecule has 0 aliphatic rings. The first kappa shape index (κ1) is 23.1. The third-order valence-electron chi connectivity index (χ3n) is 4.51. The lowest BCUT2D eigenvalue weighted by Crippen LogP contribution is -2.20. The van der Waals surface area contributed by atoms with E-state index in [1.165, 1.54) is 0 Å². The van der Waals surface area contributed by atoms with Crippen LogP contribution in [0.3, 0.4) is 0 Å². The molecule has 0 radical (unpaired) electrons. The van der Waals surface area contributed by atoms with Gasteiger partial charge < -0.3 is 20.3 Å². The van der Waals surface area contributed by atoms with E-state index in [1.807, 2.05) is 36.4 Å². The van der Waals surface area contributed by atoms with E-state index in [4.69, 9.17) is 50.0 Å². The number of hydrogen-bond acceptors (Lipinski definition) is 4. The molecule has 0 heterocycles. The minimum atomic E-state index is -0.782. The van der Waals surface area contributed by atoms with Gasteiger partial charge in [0, 0.05) is 5.41 Å². The monoisotopic (exact) mass is 445 g/mol. The summed E-state index contributed by atoms with van der Waals surface area (Å²) in [7, 11) is 0. The summed E-state index contributed by atoms with van der Waals surface area (Å²) < 4.78 is 11.2. The average Bonchev–Trinajstić information content (AvgIpc) is 2.67. The van der Waals surface area contributed by atoms with Gasteiger partial charge >= 0.3 is 0 Å². The average molecular weight is 447 g/mol. The molecule has 0 fully saturated rings. The van der Waals surface area contributed by atoms with Gasteiger partial charge in [0.25, 0.3) is 0 Å². The van der Waals surface area contributed by atoms with E-state index >= 15 is 0 Å². The molecule has 0 aromatic heterocycles. The number of aliphatic hydroxyl groups excluding tert-OH is 1. The van der Waals surface area contributed by atoms with Crippen molar-refractivity contribution in [2.45, 2.75) is 31.8 Å². The lowest BCUT2D eigenvalue weighted by atomic mass is 9.78. The Morgan fingerprint density at radius 1 is 1.04 bits per heavy atom. The number of halogens is 3. The zero-order valence-electron chi connectivity index (χ0n) is 16.1. The van der Waals surface area contributed by atoms with Crippen molar-refractivity contribution in [3.05, 3.63) is 57.6 Å². The van der Waals surface area contributed by atoms with Crippen molar-refractivity contribution < 1.29 is 14.6 Å². The zero-order chi connectivity index (χ0) is 20.7. The highest BCUT2D eigenvalue weighted by molar-refractivity contribution is 6.37. The summed E-state index contributed by atoms with van der Waals surface area (Å²) in [5, 5.41) is 10.3. The zero-order valence-corrected chi connectivity index (χ0v) is 18.3. The molecular formula is C21H26Cl3NO3. The van der Waals surface area contributed by atoms with Crippen LogP contribution in [-0.4, -0.2) is 36.8 Å². The van der Waals surface area contributed by atoms with Crippen LogP contribution < -0.4 is 15.2 Å². The van der Waals surface area contributed by atoms with Gasteiger partial charge in [-0.05, 0) is 48.4 Å². The summed E-state index contributed by atoms with van der Waals surface area (Å²) in [6.45, 7) is 5.42. The van der Waals surface area contributed by atoms with Crippen LogP contribution in [0.25, 0.3) is 0 Å². The number of rotatable bonds is 10. The highest BCUT2D eigenvalue weighted by Crippen LogP contribution is 2.40. The van der Waals surface area contributed by atoms with E-state index in [9.17, 15) is 5.11 Å². The second-order valence-corrected chi connectivity index (χ2v) is 8.15. The molecule has 4 nitrogen and oxygen atoms in total. The Morgan fingerprint density at radius 3 is 2.18 bits per heavy atom. The quantitative estimate of drug-likeness (QED) is 0.397. The van der Waals surface area contributed by atoms with Gasteiger partial charge in [-0.3, -0.25) is 0 Å². The maximum Gasteiger partial charge on any atom is 0.156 e. The van der Waals surface area contributed by atoms with Crippen molar-refractivity contribution >= 4 is 34.8 Å². The Kier molecular flexibility index (Phi) is 8.72. The topological polar surface area (TPSA) is 64.7 Å². The minimum absolute atomic E-state index is 0.0251. The first-order valence-electron chi connectivity index (χ1n) is 9.09. The first-order valence-corrected chi connectivity index (χ1v) is 10.4. The first-order chi connectivity index (χ1) is 13.3. The van der Waals surface area contributed by atoms with Crippen LogP contribution in [0.15, 0.2) is 36.4 Å². The van der Waals surface area contributed by atoms with Crippen molar-refractivity contribution in [3.63, 3.8) is 0 Å². The number of ether oxygens (including phenoxy) is 2. The lowest BCUT2D eigenvalue weighted by Gasteiger charge is -2.27. The van der Waals surface area contributed by atoms with Gasteiger partial charge in [-0.15, -0.1) is 11.6 Å². The van der Waals surface area contributed by atoms with Crippen LogP contribution >= 0.6 is 34.8 Å². The Bertz CT molecular complexity index is 743. The van der Waals surface area contributed by atoms with E-state index in [2.05, 4.69) is 13.8 Å². The second kappa shape index (κ2) is 10.6. The molecule has 2 aromatic carbocycles. The maximum absolute atomic E-state index is 9.56. The highest BCUT2D eigenvalue weighted by atomic mass is 35.5. The molecule has 28 heavy (non-hydrogen) atoms. The fourth-order valence-corrected chi connectivity index (χ4v) is 3.38. The Hall–Kier alpha value is -1.17. The van der Waals surface area contributed by atoms with Crippen LogP contribution in [0, 0.1) is 0 Å². The number of nitrogens with two attached hydrogens (primary N) is 1. The van der Waals surface area contributed by atoms with Gasteiger partial charge in [0.05, 0.1) is 22.5 Å².